The molecule has 0 amide bonds. The molecule has 1 fully saturated rings. The number of carboxylic acid groups (broad SMARTS) is 1. The molecule has 0 radical (unpaired) electrons. The molecular formula is C11H16N2O3. The number of rotatable bonds is 6. The van der Waals surface area contributed by atoms with Gasteiger partial charge in [-0.2, -0.15) is 5.10 Å². The van der Waals surface area contributed by atoms with E-state index < -0.39 is 5.97 Å². The summed E-state index contributed by atoms with van der Waals surface area (Å²) < 4.78 is 7.10. The van der Waals surface area contributed by atoms with Crippen LogP contribution in [0, 0.1) is 0 Å². The van der Waals surface area contributed by atoms with Crippen molar-refractivity contribution in [2.45, 2.75) is 31.8 Å². The van der Waals surface area contributed by atoms with E-state index in [0.29, 0.717) is 12.5 Å². The van der Waals surface area contributed by atoms with Gasteiger partial charge in [0.05, 0.1) is 31.0 Å². The van der Waals surface area contributed by atoms with E-state index in [1.807, 2.05) is 11.7 Å². The first-order valence-electron chi connectivity index (χ1n) is 5.49. The average molecular weight is 224 g/mol. The van der Waals surface area contributed by atoms with Crippen LogP contribution in [0.4, 0.5) is 0 Å². The van der Waals surface area contributed by atoms with Crippen LogP contribution in [-0.2, 0) is 23.2 Å². The molecule has 2 rings (SSSR count). The third kappa shape index (κ3) is 2.82. The fraction of sp³-hybridized carbons (Fsp3) is 0.636. The van der Waals surface area contributed by atoms with Gasteiger partial charge in [0.1, 0.15) is 0 Å². The number of hydrogen-bond acceptors (Lipinski definition) is 3. The van der Waals surface area contributed by atoms with Crippen molar-refractivity contribution in [3.8, 4) is 0 Å². The zero-order valence-corrected chi connectivity index (χ0v) is 9.35. The molecular weight excluding hydrogens is 208 g/mol. The molecule has 0 aliphatic heterocycles. The first kappa shape index (κ1) is 11.1. The molecule has 5 nitrogen and oxygen atoms in total. The van der Waals surface area contributed by atoms with Crippen molar-refractivity contribution in [3.05, 3.63) is 17.5 Å². The lowest BCUT2D eigenvalue weighted by atomic mass is 10.3. The average Bonchev–Trinajstić information content (AvgIpc) is 2.99. The van der Waals surface area contributed by atoms with Crippen LogP contribution in [0.25, 0.3) is 0 Å². The molecule has 16 heavy (non-hydrogen) atoms. The van der Waals surface area contributed by atoms with Crippen molar-refractivity contribution < 1.29 is 14.6 Å². The molecule has 1 aromatic rings. The third-order valence-electron chi connectivity index (χ3n) is 2.70. The van der Waals surface area contributed by atoms with Crippen LogP contribution >= 0.6 is 0 Å². The Morgan fingerprint density at radius 3 is 3.06 bits per heavy atom. The summed E-state index contributed by atoms with van der Waals surface area (Å²) in [6.45, 7) is 0.683. The van der Waals surface area contributed by atoms with Gasteiger partial charge in [-0.3, -0.25) is 9.48 Å². The van der Waals surface area contributed by atoms with E-state index >= 15 is 0 Å². The molecule has 1 aromatic heterocycles. The fourth-order valence-corrected chi connectivity index (χ4v) is 1.58. The fourth-order valence-electron chi connectivity index (χ4n) is 1.58. The van der Waals surface area contributed by atoms with Gasteiger partial charge in [-0.15, -0.1) is 0 Å². The van der Waals surface area contributed by atoms with E-state index in [0.717, 1.165) is 11.4 Å². The van der Waals surface area contributed by atoms with Crippen LogP contribution in [0.1, 0.15) is 36.6 Å². The Bertz CT molecular complexity index is 383. The molecule has 88 valence electrons. The topological polar surface area (TPSA) is 64.4 Å². The molecule has 1 aliphatic carbocycles. The van der Waals surface area contributed by atoms with E-state index in [4.69, 9.17) is 9.84 Å². The quantitative estimate of drug-likeness (QED) is 0.739. The summed E-state index contributed by atoms with van der Waals surface area (Å²) in [5.74, 6) is -0.192. The second-order valence-corrected chi connectivity index (χ2v) is 4.15. The first-order valence-corrected chi connectivity index (χ1v) is 5.49. The highest BCUT2D eigenvalue weighted by Gasteiger charge is 2.26. The molecule has 1 aliphatic rings. The van der Waals surface area contributed by atoms with Gasteiger partial charge < -0.3 is 9.84 Å². The monoisotopic (exact) mass is 224 g/mol. The molecule has 5 heteroatoms. The van der Waals surface area contributed by atoms with Gasteiger partial charge in [0.15, 0.2) is 0 Å². The Hall–Kier alpha value is -1.36. The van der Waals surface area contributed by atoms with Crippen molar-refractivity contribution in [1.29, 1.82) is 0 Å². The van der Waals surface area contributed by atoms with Crippen molar-refractivity contribution in [1.82, 2.24) is 9.78 Å². The van der Waals surface area contributed by atoms with Gasteiger partial charge >= 0.3 is 5.97 Å². The van der Waals surface area contributed by atoms with Crippen LogP contribution in [0.3, 0.4) is 0 Å². The van der Waals surface area contributed by atoms with Crippen molar-refractivity contribution in [2.24, 2.45) is 7.05 Å². The zero-order chi connectivity index (χ0) is 11.5. The predicted molar refractivity (Wildman–Crippen MR) is 57.1 cm³/mol. The van der Waals surface area contributed by atoms with Gasteiger partial charge in [-0.05, 0) is 18.9 Å². The maximum atomic E-state index is 10.3. The summed E-state index contributed by atoms with van der Waals surface area (Å²) in [7, 11) is 1.89. The lowest BCUT2D eigenvalue weighted by Gasteiger charge is -2.02. The van der Waals surface area contributed by atoms with E-state index in [1.165, 1.54) is 12.8 Å². The Balaban J connectivity index is 1.81. The van der Waals surface area contributed by atoms with Gasteiger partial charge in [0.25, 0.3) is 0 Å². The van der Waals surface area contributed by atoms with Crippen molar-refractivity contribution in [3.63, 3.8) is 0 Å². The van der Waals surface area contributed by atoms with E-state index in [-0.39, 0.29) is 13.0 Å². The second kappa shape index (κ2) is 4.65. The standard InChI is InChI=1S/C11H16N2O3/c1-13-9(7-16-5-4-11(14)15)6-10(12-13)8-2-3-8/h6,8H,2-5,7H2,1H3,(H,14,15). The smallest absolute Gasteiger partial charge is 0.305 e. The largest absolute Gasteiger partial charge is 0.481 e. The summed E-state index contributed by atoms with van der Waals surface area (Å²) in [4.78, 5) is 10.3. The highest BCUT2D eigenvalue weighted by molar-refractivity contribution is 5.66. The summed E-state index contributed by atoms with van der Waals surface area (Å²) in [5.41, 5.74) is 2.15. The number of aryl methyl sites for hydroxylation is 1. The van der Waals surface area contributed by atoms with Crippen LogP contribution < -0.4 is 0 Å². The molecule has 0 aromatic carbocycles. The van der Waals surface area contributed by atoms with Crippen LogP contribution in [-0.4, -0.2) is 27.5 Å². The molecule has 0 bridgehead atoms. The number of ether oxygens (including phenoxy) is 1. The summed E-state index contributed by atoms with van der Waals surface area (Å²) in [6, 6.07) is 2.05. The Labute approximate surface area is 94.0 Å². The minimum Gasteiger partial charge on any atom is -0.481 e. The Kier molecular flexibility index (Phi) is 3.24. The van der Waals surface area contributed by atoms with Crippen LogP contribution in [0.2, 0.25) is 0 Å². The Morgan fingerprint density at radius 1 is 1.69 bits per heavy atom. The minimum atomic E-state index is -0.830. The summed E-state index contributed by atoms with van der Waals surface area (Å²) in [6.07, 6.45) is 2.51. The van der Waals surface area contributed by atoms with Gasteiger partial charge in [-0.1, -0.05) is 0 Å². The van der Waals surface area contributed by atoms with Crippen LogP contribution in [0.15, 0.2) is 6.07 Å². The highest BCUT2D eigenvalue weighted by Crippen LogP contribution is 2.39. The van der Waals surface area contributed by atoms with Gasteiger partial charge in [0.2, 0.25) is 0 Å². The minimum absolute atomic E-state index is 0.0489. The molecule has 0 unspecified atom stereocenters. The highest BCUT2D eigenvalue weighted by atomic mass is 16.5. The number of nitrogens with zero attached hydrogens (tertiary/aromatic N) is 2. The molecule has 0 saturated heterocycles. The maximum Gasteiger partial charge on any atom is 0.305 e. The van der Waals surface area contributed by atoms with Crippen LogP contribution in [0.5, 0.6) is 0 Å². The summed E-state index contributed by atoms with van der Waals surface area (Å²) in [5, 5.41) is 12.9. The number of carboxylic acids is 1. The molecule has 0 atom stereocenters. The lowest BCUT2D eigenvalue weighted by Crippen LogP contribution is -2.05. The maximum absolute atomic E-state index is 10.3. The van der Waals surface area contributed by atoms with Crippen molar-refractivity contribution >= 4 is 5.97 Å². The van der Waals surface area contributed by atoms with Gasteiger partial charge in [-0.25, -0.2) is 0 Å². The van der Waals surface area contributed by atoms with E-state index in [9.17, 15) is 4.79 Å². The van der Waals surface area contributed by atoms with E-state index in [2.05, 4.69) is 11.2 Å². The molecule has 1 heterocycles. The lowest BCUT2D eigenvalue weighted by molar-refractivity contribution is -0.138. The number of aromatic nitrogens is 2. The molecule has 0 spiro atoms. The SMILES string of the molecule is Cn1nc(C2CC2)cc1COCCC(=O)O. The normalized spacial score (nSPS) is 15.3. The number of hydrogen-bond donors (Lipinski definition) is 1. The molecule has 1 saturated carbocycles. The first-order chi connectivity index (χ1) is 7.66. The number of aliphatic carboxylic acids is 1. The summed E-state index contributed by atoms with van der Waals surface area (Å²) >= 11 is 0. The van der Waals surface area contributed by atoms with Crippen molar-refractivity contribution in [2.75, 3.05) is 6.61 Å². The molecule has 1 N–H and O–H groups in total. The third-order valence-corrected chi connectivity index (χ3v) is 2.70. The second-order valence-electron chi connectivity index (χ2n) is 4.15. The predicted octanol–water partition coefficient (Wildman–Crippen LogP) is 1.29. The van der Waals surface area contributed by atoms with E-state index in [1.54, 1.807) is 0 Å². The number of carbonyl (C=O) groups is 1. The zero-order valence-electron chi connectivity index (χ0n) is 9.35. The van der Waals surface area contributed by atoms with Gasteiger partial charge in [0, 0.05) is 13.0 Å². The Morgan fingerprint density at radius 2 is 2.44 bits per heavy atom.